The van der Waals surface area contributed by atoms with Gasteiger partial charge < -0.3 is 0 Å². The average Bonchev–Trinajstić information content (AvgIpc) is 2.51. The van der Waals surface area contributed by atoms with Crippen LogP contribution in [0.5, 0.6) is 0 Å². The SMILES string of the molecule is CC.Cc1cn2ncnc(C)c2n1. The molecule has 2 aromatic rings. The highest BCUT2D eigenvalue weighted by atomic mass is 15.3. The number of aromatic nitrogens is 4. The molecule has 2 heterocycles. The van der Waals surface area contributed by atoms with E-state index in [2.05, 4.69) is 15.1 Å². The van der Waals surface area contributed by atoms with Gasteiger partial charge in [0.1, 0.15) is 6.33 Å². The summed E-state index contributed by atoms with van der Waals surface area (Å²) in [5.41, 5.74) is 2.71. The van der Waals surface area contributed by atoms with Crippen LogP contribution in [0.25, 0.3) is 5.65 Å². The lowest BCUT2D eigenvalue weighted by atomic mass is 10.5. The van der Waals surface area contributed by atoms with E-state index >= 15 is 0 Å². The molecule has 0 aliphatic carbocycles. The number of nitrogens with zero attached hydrogens (tertiary/aromatic N) is 4. The molecule has 0 radical (unpaired) electrons. The molecule has 13 heavy (non-hydrogen) atoms. The van der Waals surface area contributed by atoms with Crippen molar-refractivity contribution < 1.29 is 0 Å². The highest BCUT2D eigenvalue weighted by Crippen LogP contribution is 2.03. The van der Waals surface area contributed by atoms with E-state index in [4.69, 9.17) is 0 Å². The minimum absolute atomic E-state index is 0.838. The van der Waals surface area contributed by atoms with Crippen molar-refractivity contribution in [1.29, 1.82) is 0 Å². The molecule has 0 unspecified atom stereocenters. The van der Waals surface area contributed by atoms with Crippen LogP contribution in [-0.4, -0.2) is 19.6 Å². The standard InChI is InChI=1S/C7H8N4.C2H6/c1-5-3-11-7(10-5)6(2)8-4-9-11;1-2/h3-4H,1-2H3;1-2H3. The number of hydrogen-bond acceptors (Lipinski definition) is 3. The van der Waals surface area contributed by atoms with Gasteiger partial charge in [0.15, 0.2) is 5.65 Å². The quantitative estimate of drug-likeness (QED) is 0.617. The van der Waals surface area contributed by atoms with Crippen LogP contribution in [0.2, 0.25) is 0 Å². The number of rotatable bonds is 0. The summed E-state index contributed by atoms with van der Waals surface area (Å²) in [5.74, 6) is 0. The van der Waals surface area contributed by atoms with Crippen LogP contribution in [-0.2, 0) is 0 Å². The number of hydrogen-bond donors (Lipinski definition) is 0. The molecule has 0 atom stereocenters. The molecule has 0 bridgehead atoms. The molecular weight excluding hydrogens is 164 g/mol. The Kier molecular flexibility index (Phi) is 2.95. The summed E-state index contributed by atoms with van der Waals surface area (Å²) in [7, 11) is 0. The van der Waals surface area contributed by atoms with E-state index in [1.807, 2.05) is 33.9 Å². The van der Waals surface area contributed by atoms with Gasteiger partial charge in [0.05, 0.1) is 17.6 Å². The fourth-order valence-corrected chi connectivity index (χ4v) is 1.05. The largest absolute Gasteiger partial charge is 0.236 e. The van der Waals surface area contributed by atoms with Gasteiger partial charge in [-0.05, 0) is 13.8 Å². The van der Waals surface area contributed by atoms with Crippen molar-refractivity contribution in [2.24, 2.45) is 0 Å². The van der Waals surface area contributed by atoms with Crippen molar-refractivity contribution in [2.75, 3.05) is 0 Å². The highest BCUT2D eigenvalue weighted by Gasteiger charge is 2.00. The van der Waals surface area contributed by atoms with Gasteiger partial charge >= 0.3 is 0 Å². The molecule has 2 rings (SSSR count). The van der Waals surface area contributed by atoms with Crippen molar-refractivity contribution in [3.05, 3.63) is 23.9 Å². The van der Waals surface area contributed by atoms with Crippen LogP contribution in [0.15, 0.2) is 12.5 Å². The first kappa shape index (κ1) is 9.64. The van der Waals surface area contributed by atoms with E-state index < -0.39 is 0 Å². The summed E-state index contributed by atoms with van der Waals surface area (Å²) < 4.78 is 1.73. The summed E-state index contributed by atoms with van der Waals surface area (Å²) in [6, 6.07) is 0. The molecule has 0 spiro atoms. The zero-order chi connectivity index (χ0) is 9.84. The van der Waals surface area contributed by atoms with Gasteiger partial charge in [-0.1, -0.05) is 13.8 Å². The van der Waals surface area contributed by atoms with E-state index in [0.717, 1.165) is 17.0 Å². The molecule has 4 nitrogen and oxygen atoms in total. The molecule has 0 aliphatic heterocycles. The van der Waals surface area contributed by atoms with Crippen LogP contribution in [0.1, 0.15) is 25.2 Å². The Morgan fingerprint density at radius 2 is 1.92 bits per heavy atom. The molecule has 0 amide bonds. The summed E-state index contributed by atoms with van der Waals surface area (Å²) in [5, 5.41) is 4.01. The molecule has 0 fully saturated rings. The van der Waals surface area contributed by atoms with E-state index in [1.165, 1.54) is 6.33 Å². The Labute approximate surface area is 77.6 Å². The third kappa shape index (κ3) is 1.83. The Morgan fingerprint density at radius 1 is 1.23 bits per heavy atom. The molecule has 0 N–H and O–H groups in total. The van der Waals surface area contributed by atoms with Crippen LogP contribution >= 0.6 is 0 Å². The molecule has 4 heteroatoms. The Hall–Kier alpha value is -1.45. The van der Waals surface area contributed by atoms with E-state index in [0.29, 0.717) is 0 Å². The fraction of sp³-hybridized carbons (Fsp3) is 0.444. The zero-order valence-corrected chi connectivity index (χ0v) is 8.44. The van der Waals surface area contributed by atoms with Crippen LogP contribution < -0.4 is 0 Å². The van der Waals surface area contributed by atoms with Gasteiger partial charge in [0.25, 0.3) is 0 Å². The first-order valence-corrected chi connectivity index (χ1v) is 4.41. The van der Waals surface area contributed by atoms with E-state index in [9.17, 15) is 0 Å². The van der Waals surface area contributed by atoms with Gasteiger partial charge in [0.2, 0.25) is 0 Å². The van der Waals surface area contributed by atoms with Gasteiger partial charge in [-0.15, -0.1) is 0 Å². The van der Waals surface area contributed by atoms with Crippen molar-refractivity contribution in [3.63, 3.8) is 0 Å². The maximum atomic E-state index is 4.25. The molecule has 70 valence electrons. The van der Waals surface area contributed by atoms with Gasteiger partial charge in [-0.3, -0.25) is 0 Å². The number of imidazole rings is 1. The van der Waals surface area contributed by atoms with Crippen LogP contribution in [0.3, 0.4) is 0 Å². The predicted molar refractivity (Wildman–Crippen MR) is 51.6 cm³/mol. The van der Waals surface area contributed by atoms with E-state index in [-0.39, 0.29) is 0 Å². The van der Waals surface area contributed by atoms with Crippen molar-refractivity contribution in [3.8, 4) is 0 Å². The lowest BCUT2D eigenvalue weighted by molar-refractivity contribution is 0.880. The second-order valence-corrected chi connectivity index (χ2v) is 2.50. The normalized spacial score (nSPS) is 9.54. The predicted octanol–water partition coefficient (Wildman–Crippen LogP) is 1.77. The first-order chi connectivity index (χ1) is 6.27. The van der Waals surface area contributed by atoms with Crippen molar-refractivity contribution in [1.82, 2.24) is 19.6 Å². The van der Waals surface area contributed by atoms with Crippen molar-refractivity contribution >= 4 is 5.65 Å². The summed E-state index contributed by atoms with van der Waals surface area (Å²) >= 11 is 0. The number of aryl methyl sites for hydroxylation is 2. The number of fused-ring (bicyclic) bond motifs is 1. The van der Waals surface area contributed by atoms with Crippen LogP contribution in [0, 0.1) is 13.8 Å². The molecule has 0 saturated carbocycles. The molecule has 0 aromatic carbocycles. The molecule has 0 aliphatic rings. The Morgan fingerprint density at radius 3 is 2.54 bits per heavy atom. The van der Waals surface area contributed by atoms with Gasteiger partial charge in [0, 0.05) is 0 Å². The highest BCUT2D eigenvalue weighted by molar-refractivity contribution is 5.42. The Balaban J connectivity index is 0.000000396. The summed E-state index contributed by atoms with van der Waals surface area (Å²) in [6.45, 7) is 7.86. The smallest absolute Gasteiger partial charge is 0.175 e. The lowest BCUT2D eigenvalue weighted by Crippen LogP contribution is -1.94. The van der Waals surface area contributed by atoms with Gasteiger partial charge in [-0.2, -0.15) is 5.10 Å². The second kappa shape index (κ2) is 3.98. The first-order valence-electron chi connectivity index (χ1n) is 4.41. The fourth-order valence-electron chi connectivity index (χ4n) is 1.05. The van der Waals surface area contributed by atoms with Crippen LogP contribution in [0.4, 0.5) is 0 Å². The van der Waals surface area contributed by atoms with Gasteiger partial charge in [-0.25, -0.2) is 14.5 Å². The average molecular weight is 178 g/mol. The monoisotopic (exact) mass is 178 g/mol. The zero-order valence-electron chi connectivity index (χ0n) is 8.44. The maximum absolute atomic E-state index is 4.25. The summed E-state index contributed by atoms with van der Waals surface area (Å²) in [6.07, 6.45) is 3.41. The minimum Gasteiger partial charge on any atom is -0.236 e. The third-order valence-electron chi connectivity index (χ3n) is 1.56. The Bertz CT molecular complexity index is 391. The third-order valence-corrected chi connectivity index (χ3v) is 1.56. The molecule has 2 aromatic heterocycles. The maximum Gasteiger partial charge on any atom is 0.175 e. The topological polar surface area (TPSA) is 43.1 Å². The summed E-state index contributed by atoms with van der Waals surface area (Å²) in [4.78, 5) is 8.28. The molecular formula is C9H14N4. The minimum atomic E-state index is 0.838. The lowest BCUT2D eigenvalue weighted by Gasteiger charge is -1.91. The molecule has 0 saturated heterocycles. The van der Waals surface area contributed by atoms with Crippen molar-refractivity contribution in [2.45, 2.75) is 27.7 Å². The second-order valence-electron chi connectivity index (χ2n) is 2.50. The van der Waals surface area contributed by atoms with E-state index in [1.54, 1.807) is 4.52 Å².